The molecule has 1 N–H and O–H groups in total. The average molecular weight is 314 g/mol. The number of Topliss-reactive ketones (excluding diaryl/α,β-unsaturated/α-hetero) is 1. The van der Waals surface area contributed by atoms with Gasteiger partial charge in [0, 0.05) is 12.0 Å². The number of carbonyl (C=O) groups excluding carboxylic acids is 1. The summed E-state index contributed by atoms with van der Waals surface area (Å²) in [6.45, 7) is 0. The van der Waals surface area contributed by atoms with E-state index in [1.165, 1.54) is 0 Å². The van der Waals surface area contributed by atoms with Gasteiger partial charge in [-0.3, -0.25) is 9.35 Å². The fourth-order valence-corrected chi connectivity index (χ4v) is 2.84. The Morgan fingerprint density at radius 2 is 1.48 bits per heavy atom. The number of hydrogen-bond acceptors (Lipinski definition) is 3. The molecule has 1 unspecified atom stereocenters. The molecule has 0 bridgehead atoms. The molecule has 0 aromatic heterocycles. The van der Waals surface area contributed by atoms with Crippen molar-refractivity contribution in [1.29, 1.82) is 0 Å². The van der Waals surface area contributed by atoms with Crippen molar-refractivity contribution in [2.24, 2.45) is 0 Å². The van der Waals surface area contributed by atoms with Gasteiger partial charge in [-0.2, -0.15) is 8.42 Å². The molecule has 0 amide bonds. The Kier molecular flexibility index (Phi) is 6.77. The Hall–Kier alpha value is -0.980. The van der Waals surface area contributed by atoms with Crippen LogP contribution in [0.1, 0.15) is 29.0 Å². The van der Waals surface area contributed by atoms with Gasteiger partial charge in [0.05, 0.1) is 0 Å². The van der Waals surface area contributed by atoms with Crippen LogP contribution in [-0.2, 0) is 10.1 Å². The van der Waals surface area contributed by atoms with Crippen LogP contribution in [0, 0.1) is 0 Å². The van der Waals surface area contributed by atoms with Crippen LogP contribution in [-0.4, -0.2) is 18.8 Å². The minimum atomic E-state index is -4.34. The van der Waals surface area contributed by atoms with Gasteiger partial charge >= 0.3 is 29.6 Å². The number of benzene rings is 2. The van der Waals surface area contributed by atoms with Gasteiger partial charge in [0.2, 0.25) is 0 Å². The van der Waals surface area contributed by atoms with Crippen LogP contribution in [0.25, 0.3) is 0 Å². The summed E-state index contributed by atoms with van der Waals surface area (Å²) in [7, 11) is -4.34. The van der Waals surface area contributed by atoms with Crippen molar-refractivity contribution in [3.05, 3.63) is 71.8 Å². The molecule has 2 aromatic rings. The van der Waals surface area contributed by atoms with E-state index < -0.39 is 15.4 Å². The van der Waals surface area contributed by atoms with Crippen LogP contribution >= 0.6 is 0 Å². The number of hydrogen-bond donors (Lipinski definition) is 1. The molecule has 0 heterocycles. The molecule has 0 radical (unpaired) electrons. The van der Waals surface area contributed by atoms with E-state index in [1.54, 1.807) is 60.7 Å². The van der Waals surface area contributed by atoms with Crippen LogP contribution in [0.5, 0.6) is 0 Å². The van der Waals surface area contributed by atoms with Gasteiger partial charge in [0.1, 0.15) is 5.25 Å². The molecule has 0 aliphatic carbocycles. The molecular weight excluding hydrogens is 299 g/mol. The molecule has 21 heavy (non-hydrogen) atoms. The zero-order valence-corrected chi connectivity index (χ0v) is 14.5. The Bertz CT molecular complexity index is 690. The Labute approximate surface area is 147 Å². The summed E-state index contributed by atoms with van der Waals surface area (Å²) in [5.74, 6) is -0.322. The van der Waals surface area contributed by atoms with Crippen molar-refractivity contribution in [3.63, 3.8) is 0 Å². The molecule has 1 atom stereocenters. The summed E-state index contributed by atoms with van der Waals surface area (Å²) in [6, 6.07) is 16.7. The van der Waals surface area contributed by atoms with Gasteiger partial charge < -0.3 is 1.43 Å². The van der Waals surface area contributed by atoms with Gasteiger partial charge in [-0.15, -0.1) is 0 Å². The summed E-state index contributed by atoms with van der Waals surface area (Å²) < 4.78 is 32.4. The fraction of sp³-hybridized carbons (Fsp3) is 0.133. The molecule has 2 aromatic carbocycles. The van der Waals surface area contributed by atoms with Crippen LogP contribution in [0.15, 0.2) is 60.7 Å². The topological polar surface area (TPSA) is 71.4 Å². The maximum atomic E-state index is 12.1. The van der Waals surface area contributed by atoms with Crippen LogP contribution < -0.4 is 29.6 Å². The summed E-state index contributed by atoms with van der Waals surface area (Å²) >= 11 is 0. The predicted molar refractivity (Wildman–Crippen MR) is 77.2 cm³/mol. The third-order valence-electron chi connectivity index (χ3n) is 3.00. The van der Waals surface area contributed by atoms with Crippen molar-refractivity contribution >= 4 is 15.9 Å². The van der Waals surface area contributed by atoms with Gasteiger partial charge in [-0.1, -0.05) is 60.7 Å². The largest absolute Gasteiger partial charge is 1.00 e. The predicted octanol–water partition coefficient (Wildman–Crippen LogP) is 0.00500. The molecule has 0 aliphatic heterocycles. The normalized spacial score (nSPS) is 12.2. The molecule has 4 nitrogen and oxygen atoms in total. The first-order valence-electron chi connectivity index (χ1n) is 6.08. The SMILES string of the molecule is O=C(CC(c1ccccc1)S(=O)(=O)O)c1ccccc1.[H-].[Na+]. The van der Waals surface area contributed by atoms with Gasteiger partial charge in [-0.25, -0.2) is 0 Å². The number of rotatable bonds is 5. The summed E-state index contributed by atoms with van der Waals surface area (Å²) in [5, 5.41) is -1.24. The van der Waals surface area contributed by atoms with Crippen molar-refractivity contribution in [1.82, 2.24) is 0 Å². The zero-order chi connectivity index (χ0) is 14.6. The minimum Gasteiger partial charge on any atom is -1.00 e. The smallest absolute Gasteiger partial charge is 1.00 e. The monoisotopic (exact) mass is 314 g/mol. The fourth-order valence-electron chi connectivity index (χ4n) is 1.97. The first-order valence-corrected chi connectivity index (χ1v) is 7.58. The van der Waals surface area contributed by atoms with Crippen molar-refractivity contribution in [3.8, 4) is 0 Å². The molecule has 0 saturated carbocycles. The second kappa shape index (κ2) is 7.87. The Morgan fingerprint density at radius 3 is 1.95 bits per heavy atom. The average Bonchev–Trinajstić information content (AvgIpc) is 2.45. The number of carbonyl (C=O) groups is 1. The molecule has 0 spiro atoms. The standard InChI is InChI=1S/C15H14O4S.Na.H/c16-14(12-7-3-1-4-8-12)11-15(20(17,18)19)13-9-5-2-6-10-13;;/h1-10,15H,11H2,(H,17,18,19);;/q;+1;-1. The molecule has 0 saturated heterocycles. The maximum Gasteiger partial charge on any atom is 1.00 e. The van der Waals surface area contributed by atoms with E-state index >= 15 is 0 Å². The van der Waals surface area contributed by atoms with Crippen LogP contribution in [0.3, 0.4) is 0 Å². The molecule has 6 heteroatoms. The minimum absolute atomic E-state index is 0. The van der Waals surface area contributed by atoms with Crippen molar-refractivity contribution in [2.45, 2.75) is 11.7 Å². The van der Waals surface area contributed by atoms with E-state index in [2.05, 4.69) is 0 Å². The van der Waals surface area contributed by atoms with Gasteiger partial charge in [-0.05, 0) is 5.56 Å². The van der Waals surface area contributed by atoms with E-state index in [0.29, 0.717) is 11.1 Å². The Morgan fingerprint density at radius 1 is 1.00 bits per heavy atom. The Balaban J connectivity index is 0.00000220. The molecule has 2 rings (SSSR count). The summed E-state index contributed by atoms with van der Waals surface area (Å²) in [5.41, 5.74) is 0.830. The summed E-state index contributed by atoms with van der Waals surface area (Å²) in [6.07, 6.45) is -0.285. The molecular formula is C15H15NaO4S. The van der Waals surface area contributed by atoms with E-state index in [9.17, 15) is 17.8 Å². The second-order valence-electron chi connectivity index (χ2n) is 4.41. The maximum absolute atomic E-state index is 12.1. The van der Waals surface area contributed by atoms with Crippen LogP contribution in [0.4, 0.5) is 0 Å². The first kappa shape index (κ1) is 18.1. The van der Waals surface area contributed by atoms with Crippen LogP contribution in [0.2, 0.25) is 0 Å². The van der Waals surface area contributed by atoms with Crippen molar-refractivity contribution < 1.29 is 48.7 Å². The zero-order valence-electron chi connectivity index (χ0n) is 12.6. The van der Waals surface area contributed by atoms with E-state index in [-0.39, 0.29) is 43.2 Å². The first-order chi connectivity index (χ1) is 9.48. The van der Waals surface area contributed by atoms with Gasteiger partial charge in [0.25, 0.3) is 10.1 Å². The third-order valence-corrected chi connectivity index (χ3v) is 4.16. The molecule has 106 valence electrons. The molecule has 0 aliphatic rings. The van der Waals surface area contributed by atoms with Crippen molar-refractivity contribution in [2.75, 3.05) is 0 Å². The molecule has 0 fully saturated rings. The quantitative estimate of drug-likeness (QED) is 0.479. The summed E-state index contributed by atoms with van der Waals surface area (Å²) in [4.78, 5) is 12.1. The third kappa shape index (κ3) is 5.05. The van der Waals surface area contributed by atoms with E-state index in [0.717, 1.165) is 0 Å². The van der Waals surface area contributed by atoms with Gasteiger partial charge in [0.15, 0.2) is 5.78 Å². The second-order valence-corrected chi connectivity index (χ2v) is 6.01. The van der Waals surface area contributed by atoms with E-state index in [1.807, 2.05) is 0 Å². The van der Waals surface area contributed by atoms with E-state index in [4.69, 9.17) is 0 Å². The number of ketones is 1.